The molecule has 0 aromatic heterocycles. The predicted molar refractivity (Wildman–Crippen MR) is 104 cm³/mol. The van der Waals surface area contributed by atoms with Crippen LogP contribution in [-0.2, 0) is 10.5 Å². The van der Waals surface area contributed by atoms with E-state index < -0.39 is 16.9 Å². The van der Waals surface area contributed by atoms with Crippen LogP contribution in [0.3, 0.4) is 0 Å². The highest BCUT2D eigenvalue weighted by atomic mass is 32.2. The SMILES string of the molecule is CC1=C(C(=O)O)C(c2cccc([N+](=O)[O-])c2)N=C(SCc2ccccc2)N1. The Labute approximate surface area is 160 Å². The lowest BCUT2D eigenvalue weighted by atomic mass is 9.96. The van der Waals surface area contributed by atoms with Crippen LogP contribution in [0.4, 0.5) is 5.69 Å². The van der Waals surface area contributed by atoms with Crippen LogP contribution in [0.25, 0.3) is 0 Å². The number of nitrogens with zero attached hydrogens (tertiary/aromatic N) is 2. The van der Waals surface area contributed by atoms with Gasteiger partial charge in [-0.3, -0.25) is 10.1 Å². The quantitative estimate of drug-likeness (QED) is 0.599. The summed E-state index contributed by atoms with van der Waals surface area (Å²) in [5.74, 6) is -0.434. The zero-order valence-electron chi connectivity index (χ0n) is 14.5. The van der Waals surface area contributed by atoms with Crippen LogP contribution < -0.4 is 5.32 Å². The Bertz CT molecular complexity index is 941. The minimum atomic E-state index is -1.10. The number of carboxylic acid groups (broad SMARTS) is 1. The standard InChI is InChI=1S/C19H17N3O4S/c1-12-16(18(23)24)17(14-8-5-9-15(10-14)22(25)26)21-19(20-12)27-11-13-6-3-2-4-7-13/h2-10,17H,11H2,1H3,(H,20,21)(H,23,24). The molecule has 1 atom stereocenters. The Balaban J connectivity index is 1.92. The first-order valence-electron chi connectivity index (χ1n) is 8.15. The van der Waals surface area contributed by atoms with Gasteiger partial charge in [-0.15, -0.1) is 0 Å². The second-order valence-corrected chi connectivity index (χ2v) is 6.90. The first-order chi connectivity index (χ1) is 13.0. The molecule has 0 aliphatic carbocycles. The van der Waals surface area contributed by atoms with E-state index in [1.165, 1.54) is 30.0 Å². The van der Waals surface area contributed by atoms with Crippen LogP contribution in [0.1, 0.15) is 24.1 Å². The highest BCUT2D eigenvalue weighted by Crippen LogP contribution is 2.34. The van der Waals surface area contributed by atoms with Gasteiger partial charge in [-0.1, -0.05) is 54.2 Å². The Morgan fingerprint density at radius 1 is 1.26 bits per heavy atom. The maximum atomic E-state index is 11.7. The normalized spacial score (nSPS) is 16.5. The average Bonchev–Trinajstić information content (AvgIpc) is 2.66. The van der Waals surface area contributed by atoms with E-state index in [4.69, 9.17) is 0 Å². The number of benzene rings is 2. The minimum absolute atomic E-state index is 0.0829. The van der Waals surface area contributed by atoms with Crippen LogP contribution in [0.15, 0.2) is 70.9 Å². The first-order valence-corrected chi connectivity index (χ1v) is 9.14. The second kappa shape index (κ2) is 8.05. The smallest absolute Gasteiger partial charge is 0.335 e. The van der Waals surface area contributed by atoms with Crippen LogP contribution in [0.2, 0.25) is 0 Å². The lowest BCUT2D eigenvalue weighted by Crippen LogP contribution is -2.29. The molecule has 1 aliphatic rings. The van der Waals surface area contributed by atoms with Crippen molar-refractivity contribution in [2.24, 2.45) is 4.99 Å². The molecular weight excluding hydrogens is 366 g/mol. The molecule has 0 spiro atoms. The topological polar surface area (TPSA) is 105 Å². The Hall–Kier alpha value is -3.13. The van der Waals surface area contributed by atoms with E-state index in [1.807, 2.05) is 30.3 Å². The maximum Gasteiger partial charge on any atom is 0.335 e. The Morgan fingerprint density at radius 2 is 2.00 bits per heavy atom. The van der Waals surface area contributed by atoms with Crippen molar-refractivity contribution in [2.75, 3.05) is 0 Å². The number of carbonyl (C=O) groups is 1. The first kappa shape index (κ1) is 18.7. The van der Waals surface area contributed by atoms with Gasteiger partial charge in [-0.25, -0.2) is 9.79 Å². The third-order valence-corrected chi connectivity index (χ3v) is 5.02. The van der Waals surface area contributed by atoms with Crippen molar-refractivity contribution < 1.29 is 14.8 Å². The van der Waals surface area contributed by atoms with Crippen molar-refractivity contribution in [3.05, 3.63) is 87.1 Å². The highest BCUT2D eigenvalue weighted by Gasteiger charge is 2.30. The summed E-state index contributed by atoms with van der Waals surface area (Å²) in [4.78, 5) is 26.8. The van der Waals surface area contributed by atoms with Crippen molar-refractivity contribution in [3.8, 4) is 0 Å². The van der Waals surface area contributed by atoms with Crippen molar-refractivity contribution >= 4 is 28.6 Å². The molecule has 1 aliphatic heterocycles. The zero-order valence-corrected chi connectivity index (χ0v) is 15.3. The average molecular weight is 383 g/mol. The molecular formula is C19H17N3O4S. The van der Waals surface area contributed by atoms with Gasteiger partial charge >= 0.3 is 5.97 Å². The molecule has 8 heteroatoms. The molecule has 0 amide bonds. The summed E-state index contributed by atoms with van der Waals surface area (Å²) in [7, 11) is 0. The fraction of sp³-hybridized carbons (Fsp3) is 0.158. The van der Waals surface area contributed by atoms with Gasteiger partial charge in [0.25, 0.3) is 5.69 Å². The number of nitrogens with one attached hydrogen (secondary N) is 1. The molecule has 2 aromatic rings. The molecule has 0 bridgehead atoms. The summed E-state index contributed by atoms with van der Waals surface area (Å²) in [5, 5.41) is 24.3. The summed E-state index contributed by atoms with van der Waals surface area (Å²) < 4.78 is 0. The number of allylic oxidation sites excluding steroid dienone is 1. The van der Waals surface area contributed by atoms with Crippen LogP contribution in [-0.4, -0.2) is 21.2 Å². The summed E-state index contributed by atoms with van der Waals surface area (Å²) in [6, 6.07) is 15.0. The Morgan fingerprint density at radius 3 is 2.67 bits per heavy atom. The summed E-state index contributed by atoms with van der Waals surface area (Å²) in [6.45, 7) is 1.67. The van der Waals surface area contributed by atoms with Gasteiger partial charge < -0.3 is 10.4 Å². The number of hydrogen-bond acceptors (Lipinski definition) is 6. The molecule has 7 nitrogen and oxygen atoms in total. The molecule has 0 fully saturated rings. The van der Waals surface area contributed by atoms with E-state index in [1.54, 1.807) is 13.0 Å². The van der Waals surface area contributed by atoms with Gasteiger partial charge in [-0.05, 0) is 18.1 Å². The van der Waals surface area contributed by atoms with Gasteiger partial charge in [0.2, 0.25) is 0 Å². The number of amidine groups is 1. The molecule has 0 radical (unpaired) electrons. The van der Waals surface area contributed by atoms with Crippen LogP contribution in [0, 0.1) is 10.1 Å². The third kappa shape index (κ3) is 4.35. The van der Waals surface area contributed by atoms with E-state index in [2.05, 4.69) is 10.3 Å². The predicted octanol–water partition coefficient (Wildman–Crippen LogP) is 3.89. The fourth-order valence-electron chi connectivity index (χ4n) is 2.77. The number of carboxylic acids is 1. The number of rotatable bonds is 5. The molecule has 27 heavy (non-hydrogen) atoms. The number of nitro groups is 1. The van der Waals surface area contributed by atoms with E-state index in [0.717, 1.165) is 5.56 Å². The van der Waals surface area contributed by atoms with Gasteiger partial charge in [0, 0.05) is 23.6 Å². The van der Waals surface area contributed by atoms with Gasteiger partial charge in [0.1, 0.15) is 6.04 Å². The number of nitro benzene ring substituents is 1. The highest BCUT2D eigenvalue weighted by molar-refractivity contribution is 8.13. The molecule has 1 unspecified atom stereocenters. The van der Waals surface area contributed by atoms with E-state index in [-0.39, 0.29) is 11.3 Å². The number of aliphatic carboxylic acids is 1. The summed E-state index contributed by atoms with van der Waals surface area (Å²) >= 11 is 1.45. The molecule has 3 rings (SSSR count). The van der Waals surface area contributed by atoms with E-state index in [0.29, 0.717) is 22.2 Å². The van der Waals surface area contributed by atoms with Crippen LogP contribution >= 0.6 is 11.8 Å². The molecule has 2 aromatic carbocycles. The second-order valence-electron chi connectivity index (χ2n) is 5.93. The van der Waals surface area contributed by atoms with Gasteiger partial charge in [-0.2, -0.15) is 0 Å². The molecule has 2 N–H and O–H groups in total. The van der Waals surface area contributed by atoms with Crippen molar-refractivity contribution in [1.82, 2.24) is 5.32 Å². The molecule has 0 saturated carbocycles. The monoisotopic (exact) mass is 383 g/mol. The van der Waals surface area contributed by atoms with Gasteiger partial charge in [0.15, 0.2) is 5.17 Å². The number of non-ortho nitro benzene ring substituents is 1. The van der Waals surface area contributed by atoms with Crippen molar-refractivity contribution in [3.63, 3.8) is 0 Å². The molecule has 0 saturated heterocycles. The largest absolute Gasteiger partial charge is 0.478 e. The zero-order chi connectivity index (χ0) is 19.4. The Kier molecular flexibility index (Phi) is 5.56. The maximum absolute atomic E-state index is 11.7. The summed E-state index contributed by atoms with van der Waals surface area (Å²) in [6.07, 6.45) is 0. The number of hydrogen-bond donors (Lipinski definition) is 2. The third-order valence-electron chi connectivity index (χ3n) is 4.06. The van der Waals surface area contributed by atoms with Crippen LogP contribution in [0.5, 0.6) is 0 Å². The van der Waals surface area contributed by atoms with E-state index >= 15 is 0 Å². The van der Waals surface area contributed by atoms with Crippen molar-refractivity contribution in [1.29, 1.82) is 0 Å². The number of thioether (sulfide) groups is 1. The minimum Gasteiger partial charge on any atom is -0.478 e. The molecule has 138 valence electrons. The lowest BCUT2D eigenvalue weighted by molar-refractivity contribution is -0.384. The molecule has 1 heterocycles. The summed E-state index contributed by atoms with van der Waals surface area (Å²) in [5.41, 5.74) is 2.05. The lowest BCUT2D eigenvalue weighted by Gasteiger charge is -2.24. The fourth-order valence-corrected chi connectivity index (χ4v) is 3.67. The van der Waals surface area contributed by atoms with Crippen molar-refractivity contribution in [2.45, 2.75) is 18.7 Å². The number of aliphatic imine (C=N–C) groups is 1. The van der Waals surface area contributed by atoms with Gasteiger partial charge in [0.05, 0.1) is 10.5 Å². The van der Waals surface area contributed by atoms with E-state index in [9.17, 15) is 20.0 Å².